The number of amides is 2. The molecule has 2 aliphatic rings. The average molecular weight is 572 g/mol. The van der Waals surface area contributed by atoms with E-state index in [-0.39, 0.29) is 24.9 Å². The van der Waals surface area contributed by atoms with Gasteiger partial charge < -0.3 is 9.47 Å². The van der Waals surface area contributed by atoms with Crippen LogP contribution in [-0.4, -0.2) is 62.6 Å². The van der Waals surface area contributed by atoms with Crippen LogP contribution in [0.4, 0.5) is 11.4 Å². The van der Waals surface area contributed by atoms with Gasteiger partial charge in [0.15, 0.2) is 0 Å². The van der Waals surface area contributed by atoms with Crippen molar-refractivity contribution in [2.45, 2.75) is 22.6 Å². The number of methoxy groups -OCH3 is 2. The maximum absolute atomic E-state index is 12.0. The molecular weight excluding hydrogens is 547 g/mol. The van der Waals surface area contributed by atoms with Crippen molar-refractivity contribution >= 4 is 81.9 Å². The number of carbonyl (C=O) groups is 4. The Hall–Kier alpha value is -2.40. The Morgan fingerprint density at radius 3 is 1.53 bits per heavy atom. The maximum Gasteiger partial charge on any atom is 0.325 e. The van der Waals surface area contributed by atoms with E-state index in [9.17, 15) is 19.2 Å². The molecular formula is C24H24Cl2N2O6S2. The van der Waals surface area contributed by atoms with Crippen LogP contribution >= 0.6 is 46.7 Å². The third-order valence-corrected chi connectivity index (χ3v) is 7.93. The number of fused-ring (bicyclic) bond motifs is 2. The summed E-state index contributed by atoms with van der Waals surface area (Å²) in [6.45, 7) is -0.209. The monoisotopic (exact) mass is 570 g/mol. The Kier molecular flexibility index (Phi) is 10.4. The van der Waals surface area contributed by atoms with Crippen LogP contribution in [0.2, 0.25) is 10.0 Å². The van der Waals surface area contributed by atoms with Crippen LogP contribution < -0.4 is 9.80 Å². The van der Waals surface area contributed by atoms with E-state index in [0.717, 1.165) is 9.79 Å². The number of halogens is 2. The Labute approximate surface area is 227 Å². The summed E-state index contributed by atoms with van der Waals surface area (Å²) in [5.74, 6) is 0.231. The summed E-state index contributed by atoms with van der Waals surface area (Å²) >= 11 is 15.4. The zero-order chi connectivity index (χ0) is 26.2. The lowest BCUT2D eigenvalue weighted by Gasteiger charge is -2.22. The molecule has 4 rings (SSSR count). The van der Waals surface area contributed by atoms with Gasteiger partial charge in [0.1, 0.15) is 13.1 Å². The molecule has 0 aliphatic carbocycles. The van der Waals surface area contributed by atoms with Crippen LogP contribution in [0.15, 0.2) is 46.2 Å². The number of esters is 2. The number of anilines is 2. The van der Waals surface area contributed by atoms with Crippen molar-refractivity contribution in [2.75, 3.05) is 48.6 Å². The topological polar surface area (TPSA) is 93.2 Å². The van der Waals surface area contributed by atoms with E-state index in [2.05, 4.69) is 9.47 Å². The quantitative estimate of drug-likeness (QED) is 0.489. The first-order chi connectivity index (χ1) is 17.3. The fourth-order valence-electron chi connectivity index (χ4n) is 3.49. The first-order valence-electron chi connectivity index (χ1n) is 10.8. The highest BCUT2D eigenvalue weighted by molar-refractivity contribution is 7.99. The SMILES string of the molecule is COC(=O)CN1C(=O)CCSc2cccc(Cl)c21.COC(=O)CN1C(=O)CCSc2cccc(Cl)c21. The van der Waals surface area contributed by atoms with Crippen LogP contribution in [0.1, 0.15) is 12.8 Å². The molecule has 0 saturated heterocycles. The van der Waals surface area contributed by atoms with Crippen molar-refractivity contribution in [3.05, 3.63) is 46.4 Å². The molecule has 0 N–H and O–H groups in total. The van der Waals surface area contributed by atoms with E-state index in [1.807, 2.05) is 24.3 Å². The summed E-state index contributed by atoms with van der Waals surface area (Å²) in [4.78, 5) is 51.5. The predicted octanol–water partition coefficient (Wildman–Crippen LogP) is 4.68. The van der Waals surface area contributed by atoms with Crippen molar-refractivity contribution in [3.63, 3.8) is 0 Å². The lowest BCUT2D eigenvalue weighted by Crippen LogP contribution is -2.36. The van der Waals surface area contributed by atoms with E-state index in [1.165, 1.54) is 24.0 Å². The molecule has 0 fully saturated rings. The summed E-state index contributed by atoms with van der Waals surface area (Å²) in [5.41, 5.74) is 1.22. The number of rotatable bonds is 4. The highest BCUT2D eigenvalue weighted by Crippen LogP contribution is 2.40. The van der Waals surface area contributed by atoms with Crippen LogP contribution in [0.5, 0.6) is 0 Å². The second-order valence-electron chi connectivity index (χ2n) is 7.48. The first kappa shape index (κ1) is 28.2. The van der Waals surface area contributed by atoms with E-state index < -0.39 is 11.9 Å². The van der Waals surface area contributed by atoms with E-state index in [1.54, 1.807) is 35.7 Å². The molecule has 2 aliphatic heterocycles. The molecule has 0 aromatic heterocycles. The molecule has 2 amide bonds. The first-order valence-corrected chi connectivity index (χ1v) is 13.6. The molecule has 36 heavy (non-hydrogen) atoms. The molecule has 8 nitrogen and oxygen atoms in total. The van der Waals surface area contributed by atoms with Gasteiger partial charge in [-0.05, 0) is 24.3 Å². The van der Waals surface area contributed by atoms with E-state index in [4.69, 9.17) is 23.2 Å². The average Bonchev–Trinajstić information content (AvgIpc) is 3.12. The summed E-state index contributed by atoms with van der Waals surface area (Å²) in [6, 6.07) is 10.9. The van der Waals surface area contributed by atoms with Gasteiger partial charge in [-0.2, -0.15) is 0 Å². The minimum atomic E-state index is -0.457. The molecule has 0 unspecified atom stereocenters. The predicted molar refractivity (Wildman–Crippen MR) is 142 cm³/mol. The van der Waals surface area contributed by atoms with Gasteiger partial charge in [0.25, 0.3) is 0 Å². The Balaban J connectivity index is 0.000000201. The van der Waals surface area contributed by atoms with Crippen molar-refractivity contribution in [1.29, 1.82) is 0 Å². The number of para-hydroxylation sites is 2. The number of thioether (sulfide) groups is 2. The lowest BCUT2D eigenvalue weighted by molar-refractivity contribution is -0.140. The van der Waals surface area contributed by atoms with E-state index in [0.29, 0.717) is 45.8 Å². The second-order valence-corrected chi connectivity index (χ2v) is 10.6. The van der Waals surface area contributed by atoms with Gasteiger partial charge >= 0.3 is 11.9 Å². The number of ether oxygens (including phenoxy) is 2. The fraction of sp³-hybridized carbons (Fsp3) is 0.333. The van der Waals surface area contributed by atoms with Gasteiger partial charge in [-0.15, -0.1) is 23.5 Å². The van der Waals surface area contributed by atoms with Gasteiger partial charge in [0.05, 0.1) is 35.6 Å². The van der Waals surface area contributed by atoms with Crippen molar-refractivity contribution in [3.8, 4) is 0 Å². The van der Waals surface area contributed by atoms with Crippen molar-refractivity contribution < 1.29 is 28.7 Å². The summed E-state index contributed by atoms with van der Waals surface area (Å²) in [7, 11) is 2.60. The minimum Gasteiger partial charge on any atom is -0.468 e. The second kappa shape index (κ2) is 13.2. The molecule has 2 aromatic carbocycles. The van der Waals surface area contributed by atoms with Gasteiger partial charge in [-0.3, -0.25) is 29.0 Å². The lowest BCUT2D eigenvalue weighted by atomic mass is 10.2. The summed E-state index contributed by atoms with van der Waals surface area (Å²) < 4.78 is 9.23. The zero-order valence-corrected chi connectivity index (χ0v) is 22.8. The third kappa shape index (κ3) is 6.88. The largest absolute Gasteiger partial charge is 0.468 e. The number of hydrogen-bond acceptors (Lipinski definition) is 8. The van der Waals surface area contributed by atoms with Crippen LogP contribution in [0.3, 0.4) is 0 Å². The van der Waals surface area contributed by atoms with Gasteiger partial charge in [-0.1, -0.05) is 35.3 Å². The molecule has 0 spiro atoms. The van der Waals surface area contributed by atoms with Gasteiger partial charge in [0, 0.05) is 34.1 Å². The number of benzene rings is 2. The van der Waals surface area contributed by atoms with Crippen molar-refractivity contribution in [1.82, 2.24) is 0 Å². The molecule has 0 atom stereocenters. The Morgan fingerprint density at radius 1 is 0.778 bits per heavy atom. The third-order valence-electron chi connectivity index (χ3n) is 5.22. The molecule has 2 heterocycles. The maximum atomic E-state index is 12.0. The minimum absolute atomic E-state index is 0.105. The fourth-order valence-corrected chi connectivity index (χ4v) is 6.21. The molecule has 192 valence electrons. The van der Waals surface area contributed by atoms with E-state index >= 15 is 0 Å². The highest BCUT2D eigenvalue weighted by Gasteiger charge is 2.28. The number of nitrogens with zero attached hydrogens (tertiary/aromatic N) is 2. The number of carbonyl (C=O) groups excluding carboxylic acids is 4. The standard InChI is InChI=1S/2C12H12ClNO3S/c2*1-17-11(16)7-14-10(15)5-6-18-9-4-2-3-8(13)12(9)14/h2*2-4H,5-7H2,1H3. The summed E-state index contributed by atoms with van der Waals surface area (Å²) in [5, 5.41) is 0.943. The van der Waals surface area contributed by atoms with Gasteiger partial charge in [0.2, 0.25) is 11.8 Å². The van der Waals surface area contributed by atoms with Crippen molar-refractivity contribution in [2.24, 2.45) is 0 Å². The Morgan fingerprint density at radius 2 is 1.17 bits per heavy atom. The highest BCUT2D eigenvalue weighted by atomic mass is 35.5. The molecule has 12 heteroatoms. The molecule has 0 saturated carbocycles. The molecule has 0 bridgehead atoms. The van der Waals surface area contributed by atoms with Crippen LogP contribution in [0.25, 0.3) is 0 Å². The number of hydrogen-bond donors (Lipinski definition) is 0. The zero-order valence-electron chi connectivity index (χ0n) is 19.6. The Bertz CT molecular complexity index is 1070. The molecule has 0 radical (unpaired) electrons. The van der Waals surface area contributed by atoms with Crippen LogP contribution in [-0.2, 0) is 28.7 Å². The smallest absolute Gasteiger partial charge is 0.325 e. The summed E-state index contributed by atoms with van der Waals surface area (Å²) in [6.07, 6.45) is 0.763. The van der Waals surface area contributed by atoms with Crippen LogP contribution in [0, 0.1) is 0 Å². The normalized spacial score (nSPS) is 15.0. The molecule has 2 aromatic rings. The van der Waals surface area contributed by atoms with Gasteiger partial charge in [-0.25, -0.2) is 0 Å².